The molecule has 0 radical (unpaired) electrons. The van der Waals surface area contributed by atoms with E-state index in [0.29, 0.717) is 30.3 Å². The Balaban J connectivity index is 1.22. The second-order valence-electron chi connectivity index (χ2n) is 12.5. The van der Waals surface area contributed by atoms with Gasteiger partial charge in [-0.05, 0) is 56.1 Å². The summed E-state index contributed by atoms with van der Waals surface area (Å²) in [4.78, 5) is 20.5. The first-order chi connectivity index (χ1) is 22.4. The zero-order valence-electron chi connectivity index (χ0n) is 27.6. The van der Waals surface area contributed by atoms with Gasteiger partial charge in [-0.15, -0.1) is 0 Å². The van der Waals surface area contributed by atoms with E-state index in [1.54, 1.807) is 14.2 Å². The molecule has 3 N–H and O–H groups in total. The first kappa shape index (κ1) is 32.5. The van der Waals surface area contributed by atoms with Crippen molar-refractivity contribution in [2.24, 2.45) is 5.92 Å². The van der Waals surface area contributed by atoms with E-state index < -0.39 is 8.38 Å². The van der Waals surface area contributed by atoms with Crippen LogP contribution in [-0.4, -0.2) is 97.9 Å². The van der Waals surface area contributed by atoms with Crippen molar-refractivity contribution < 1.29 is 13.8 Å². The number of para-hydroxylation sites is 1. The van der Waals surface area contributed by atoms with Gasteiger partial charge in [0.05, 0.1) is 28.7 Å². The van der Waals surface area contributed by atoms with Crippen molar-refractivity contribution >= 4 is 53.5 Å². The molecule has 0 saturated carbocycles. The fourth-order valence-corrected chi connectivity index (χ4v) is 7.32. The van der Waals surface area contributed by atoms with Crippen molar-refractivity contribution in [2.75, 3.05) is 82.7 Å². The minimum absolute atomic E-state index is 0.416. The maximum absolute atomic E-state index is 6.42. The van der Waals surface area contributed by atoms with Crippen LogP contribution in [0.15, 0.2) is 54.7 Å². The number of aromatic amines is 1. The Labute approximate surface area is 273 Å². The van der Waals surface area contributed by atoms with Gasteiger partial charge in [-0.1, -0.05) is 26.0 Å². The number of ether oxygens (including phenoxy) is 1. The summed E-state index contributed by atoms with van der Waals surface area (Å²) in [5, 5.41) is 8.78. The van der Waals surface area contributed by atoms with Crippen LogP contribution in [0.4, 0.5) is 28.8 Å². The summed E-state index contributed by atoms with van der Waals surface area (Å²) in [6, 6.07) is 17.0. The lowest BCUT2D eigenvalue weighted by Gasteiger charge is -2.42. The van der Waals surface area contributed by atoms with Gasteiger partial charge in [-0.2, -0.15) is 9.97 Å². The van der Waals surface area contributed by atoms with E-state index in [2.05, 4.69) is 69.4 Å². The standard InChI is InChI=1S/C34H47N8O3P/c1-24(2)23-45-30-22-25(10-11-29(30)42-16-13-26(14-17-42)41-20-18-40(3)19-21-41)36-34-38-32-27(12-15-35-32)33(39-34)37-28-8-6-7-9-31(28)46(43-4)44-5/h6-12,15,22,24,26H,13-14,16-21,23H2,1-5H3,(H3,35,36,37,38,39). The first-order valence-corrected chi connectivity index (χ1v) is 17.4. The van der Waals surface area contributed by atoms with Crippen LogP contribution in [-0.2, 0) is 9.05 Å². The van der Waals surface area contributed by atoms with Gasteiger partial charge in [0.2, 0.25) is 14.3 Å². The molecule has 2 saturated heterocycles. The van der Waals surface area contributed by atoms with E-state index in [4.69, 9.17) is 23.8 Å². The highest BCUT2D eigenvalue weighted by Crippen LogP contribution is 2.39. The summed E-state index contributed by atoms with van der Waals surface area (Å²) in [5.41, 5.74) is 3.62. The zero-order chi connectivity index (χ0) is 32.0. The van der Waals surface area contributed by atoms with E-state index in [0.717, 1.165) is 65.3 Å². The predicted octanol–water partition coefficient (Wildman–Crippen LogP) is 5.93. The number of hydrogen-bond acceptors (Lipinski definition) is 10. The Morgan fingerprint density at radius 3 is 2.43 bits per heavy atom. The lowest BCUT2D eigenvalue weighted by Crippen LogP contribution is -2.52. The number of nitrogens with one attached hydrogen (secondary N) is 3. The van der Waals surface area contributed by atoms with Crippen LogP contribution in [0, 0.1) is 5.92 Å². The molecule has 0 spiro atoms. The van der Waals surface area contributed by atoms with E-state index >= 15 is 0 Å². The number of rotatable bonds is 12. The number of benzene rings is 2. The van der Waals surface area contributed by atoms with Gasteiger partial charge < -0.3 is 39.2 Å². The Morgan fingerprint density at radius 2 is 1.70 bits per heavy atom. The molecule has 0 unspecified atom stereocenters. The Morgan fingerprint density at radius 1 is 0.935 bits per heavy atom. The monoisotopic (exact) mass is 646 g/mol. The molecule has 2 aromatic heterocycles. The second-order valence-corrected chi connectivity index (χ2v) is 14.2. The Bertz CT molecular complexity index is 1580. The van der Waals surface area contributed by atoms with E-state index in [-0.39, 0.29) is 0 Å². The average Bonchev–Trinajstić information content (AvgIpc) is 3.55. The van der Waals surface area contributed by atoms with Crippen molar-refractivity contribution in [3.05, 3.63) is 54.7 Å². The molecule has 11 nitrogen and oxygen atoms in total. The highest BCUT2D eigenvalue weighted by molar-refractivity contribution is 7.56. The molecule has 4 heterocycles. The van der Waals surface area contributed by atoms with Gasteiger partial charge in [-0.3, -0.25) is 4.90 Å². The second kappa shape index (κ2) is 15.0. The van der Waals surface area contributed by atoms with Crippen LogP contribution < -0.4 is 25.6 Å². The van der Waals surface area contributed by atoms with Gasteiger partial charge in [0.1, 0.15) is 17.2 Å². The van der Waals surface area contributed by atoms with Crippen LogP contribution in [0.5, 0.6) is 5.75 Å². The quantitative estimate of drug-likeness (QED) is 0.161. The third-order valence-corrected chi connectivity index (χ3v) is 10.2. The van der Waals surface area contributed by atoms with Gasteiger partial charge in [0.15, 0.2) is 0 Å². The summed E-state index contributed by atoms with van der Waals surface area (Å²) < 4.78 is 17.6. The average molecular weight is 647 g/mol. The number of H-pyrrole nitrogens is 1. The van der Waals surface area contributed by atoms with E-state index in [9.17, 15) is 0 Å². The summed E-state index contributed by atoms with van der Waals surface area (Å²) in [7, 11) is 4.31. The lowest BCUT2D eigenvalue weighted by molar-refractivity contribution is 0.0981. The molecule has 4 aromatic rings. The molecule has 6 rings (SSSR count). The number of aromatic nitrogens is 3. The minimum atomic E-state index is -1.23. The van der Waals surface area contributed by atoms with Crippen molar-refractivity contribution in [2.45, 2.75) is 32.7 Å². The Hall–Kier alpha value is -3.47. The topological polar surface area (TPSA) is 103 Å². The fraction of sp³-hybridized carbons (Fsp3) is 0.471. The van der Waals surface area contributed by atoms with Crippen molar-refractivity contribution in [1.82, 2.24) is 24.8 Å². The van der Waals surface area contributed by atoms with Crippen LogP contribution in [0.3, 0.4) is 0 Å². The van der Waals surface area contributed by atoms with Gasteiger partial charge >= 0.3 is 0 Å². The molecule has 246 valence electrons. The molecule has 12 heteroatoms. The van der Waals surface area contributed by atoms with Crippen molar-refractivity contribution in [3.63, 3.8) is 0 Å². The summed E-state index contributed by atoms with van der Waals surface area (Å²) in [5.74, 6) is 2.46. The molecule has 0 atom stereocenters. The highest BCUT2D eigenvalue weighted by Gasteiger charge is 2.28. The van der Waals surface area contributed by atoms with E-state index in [1.165, 1.54) is 25.9 Å². The third-order valence-electron chi connectivity index (χ3n) is 8.75. The largest absolute Gasteiger partial charge is 0.491 e. The highest BCUT2D eigenvalue weighted by atomic mass is 31.2. The van der Waals surface area contributed by atoms with E-state index in [1.807, 2.05) is 36.5 Å². The number of hydrogen-bond donors (Lipinski definition) is 3. The van der Waals surface area contributed by atoms with Crippen molar-refractivity contribution in [1.29, 1.82) is 0 Å². The number of likely N-dealkylation sites (N-methyl/N-ethyl adjacent to an activating group) is 1. The lowest BCUT2D eigenvalue weighted by atomic mass is 10.0. The smallest absolute Gasteiger partial charge is 0.231 e. The van der Waals surface area contributed by atoms with Gasteiger partial charge in [0, 0.05) is 77.5 Å². The number of nitrogens with zero attached hydrogens (tertiary/aromatic N) is 5. The van der Waals surface area contributed by atoms with Crippen LogP contribution in [0.25, 0.3) is 11.0 Å². The molecule has 46 heavy (non-hydrogen) atoms. The summed E-state index contributed by atoms with van der Waals surface area (Å²) in [6.07, 6.45) is 4.22. The summed E-state index contributed by atoms with van der Waals surface area (Å²) >= 11 is 0. The minimum Gasteiger partial charge on any atom is -0.491 e. The van der Waals surface area contributed by atoms with Gasteiger partial charge in [-0.25, -0.2) is 0 Å². The number of piperazine rings is 1. The zero-order valence-corrected chi connectivity index (χ0v) is 28.5. The van der Waals surface area contributed by atoms with Crippen LogP contribution in [0.1, 0.15) is 26.7 Å². The Kier molecular flexibility index (Phi) is 10.6. The maximum Gasteiger partial charge on any atom is 0.231 e. The summed E-state index contributed by atoms with van der Waals surface area (Å²) in [6.45, 7) is 11.7. The number of piperidine rings is 1. The maximum atomic E-state index is 6.42. The van der Waals surface area contributed by atoms with Crippen molar-refractivity contribution in [3.8, 4) is 5.75 Å². The van der Waals surface area contributed by atoms with Crippen LogP contribution >= 0.6 is 8.38 Å². The molecule has 2 fully saturated rings. The number of anilines is 5. The third kappa shape index (κ3) is 7.56. The SMILES string of the molecule is COP(OC)c1ccccc1Nc1nc(Nc2ccc(N3CCC(N4CCN(C)CC4)CC3)c(OCC(C)C)c2)nc2[nH]ccc12. The molecular formula is C34H47N8O3P. The molecule has 0 amide bonds. The van der Waals surface area contributed by atoms with Crippen LogP contribution in [0.2, 0.25) is 0 Å². The molecule has 2 aliphatic heterocycles. The number of fused-ring (bicyclic) bond motifs is 1. The normalized spacial score (nSPS) is 16.9. The molecular weight excluding hydrogens is 599 g/mol. The molecule has 0 bridgehead atoms. The predicted molar refractivity (Wildman–Crippen MR) is 189 cm³/mol. The molecule has 2 aromatic carbocycles. The molecule has 0 aliphatic carbocycles. The fourth-order valence-electron chi connectivity index (χ4n) is 6.24. The molecule has 2 aliphatic rings. The first-order valence-electron chi connectivity index (χ1n) is 16.2. The van der Waals surface area contributed by atoms with Gasteiger partial charge in [0.25, 0.3) is 0 Å².